The summed E-state index contributed by atoms with van der Waals surface area (Å²) in [5.41, 5.74) is 6.59. The number of phenols is 1. The van der Waals surface area contributed by atoms with Crippen molar-refractivity contribution < 1.29 is 14.9 Å². The Labute approximate surface area is 166 Å². The second kappa shape index (κ2) is 12.2. The number of hydrogen-bond acceptors (Lipinski definition) is 4. The van der Waals surface area contributed by atoms with Gasteiger partial charge in [-0.15, -0.1) is 0 Å². The summed E-state index contributed by atoms with van der Waals surface area (Å²) in [6.07, 6.45) is 8.21. The number of ether oxygens (including phenoxy) is 1. The Morgan fingerprint density at radius 1 is 1.11 bits per heavy atom. The van der Waals surface area contributed by atoms with Crippen molar-refractivity contribution >= 4 is 0 Å². The molecule has 0 spiro atoms. The maximum absolute atomic E-state index is 10.2. The Morgan fingerprint density at radius 3 is 2.41 bits per heavy atom. The number of benzene rings is 1. The zero-order valence-electron chi connectivity index (χ0n) is 17.8. The van der Waals surface area contributed by atoms with Crippen molar-refractivity contribution in [1.82, 2.24) is 0 Å². The predicted molar refractivity (Wildman–Crippen MR) is 113 cm³/mol. The second-order valence-corrected chi connectivity index (χ2v) is 8.60. The maximum atomic E-state index is 10.2. The van der Waals surface area contributed by atoms with Crippen LogP contribution in [-0.4, -0.2) is 29.0 Å². The van der Waals surface area contributed by atoms with E-state index in [4.69, 9.17) is 10.5 Å². The van der Waals surface area contributed by atoms with E-state index in [2.05, 4.69) is 20.8 Å². The van der Waals surface area contributed by atoms with Crippen molar-refractivity contribution in [2.75, 3.05) is 13.2 Å². The predicted octanol–water partition coefficient (Wildman–Crippen LogP) is 5.05. The van der Waals surface area contributed by atoms with Crippen molar-refractivity contribution in [3.8, 4) is 11.5 Å². The molecule has 1 aromatic rings. The fourth-order valence-corrected chi connectivity index (χ4v) is 3.23. The number of phenolic OH excluding ortho intramolecular Hbond substituents is 1. The molecule has 0 heterocycles. The van der Waals surface area contributed by atoms with Gasteiger partial charge in [-0.05, 0) is 61.6 Å². The Balaban J connectivity index is 2.34. The largest absolute Gasteiger partial charge is 0.504 e. The Morgan fingerprint density at radius 2 is 1.81 bits per heavy atom. The topological polar surface area (TPSA) is 75.7 Å². The van der Waals surface area contributed by atoms with Gasteiger partial charge in [0.2, 0.25) is 0 Å². The molecule has 0 amide bonds. The van der Waals surface area contributed by atoms with Gasteiger partial charge in [-0.25, -0.2) is 0 Å². The molecule has 0 saturated heterocycles. The van der Waals surface area contributed by atoms with Crippen LogP contribution in [0.5, 0.6) is 11.5 Å². The highest BCUT2D eigenvalue weighted by molar-refractivity contribution is 5.41. The van der Waals surface area contributed by atoms with Gasteiger partial charge in [0.1, 0.15) is 0 Å². The van der Waals surface area contributed by atoms with E-state index in [1.807, 2.05) is 19.1 Å². The van der Waals surface area contributed by atoms with Gasteiger partial charge in [-0.2, -0.15) is 0 Å². The Hall–Kier alpha value is -1.26. The number of hydrogen-bond donors (Lipinski definition) is 3. The first-order chi connectivity index (χ1) is 12.8. The summed E-state index contributed by atoms with van der Waals surface area (Å²) in [5, 5.41) is 19.6. The normalized spacial score (nSPS) is 14.9. The van der Waals surface area contributed by atoms with E-state index in [1.54, 1.807) is 6.07 Å². The molecule has 2 atom stereocenters. The van der Waals surface area contributed by atoms with E-state index in [0.717, 1.165) is 43.1 Å². The summed E-state index contributed by atoms with van der Waals surface area (Å²) in [6.45, 7) is 9.46. The van der Waals surface area contributed by atoms with Gasteiger partial charge >= 0.3 is 0 Å². The molecule has 0 aliphatic carbocycles. The molecule has 27 heavy (non-hydrogen) atoms. The number of rotatable bonds is 14. The molecular formula is C23H41NO3. The van der Waals surface area contributed by atoms with Gasteiger partial charge in [0.15, 0.2) is 11.5 Å². The lowest BCUT2D eigenvalue weighted by Gasteiger charge is -2.25. The van der Waals surface area contributed by atoms with Crippen molar-refractivity contribution in [3.63, 3.8) is 0 Å². The third-order valence-corrected chi connectivity index (χ3v) is 5.53. The molecule has 0 fully saturated rings. The first-order valence-electron chi connectivity index (χ1n) is 10.6. The number of aromatic hydroxyl groups is 1. The zero-order chi connectivity index (χ0) is 20.3. The van der Waals surface area contributed by atoms with Crippen LogP contribution in [0.25, 0.3) is 0 Å². The first-order valence-corrected chi connectivity index (χ1v) is 10.6. The van der Waals surface area contributed by atoms with E-state index in [1.165, 1.54) is 19.3 Å². The summed E-state index contributed by atoms with van der Waals surface area (Å²) in [5.74, 6) is 2.24. The first kappa shape index (κ1) is 23.8. The van der Waals surface area contributed by atoms with Gasteiger partial charge in [0, 0.05) is 5.54 Å². The summed E-state index contributed by atoms with van der Waals surface area (Å²) in [4.78, 5) is 0. The molecule has 4 nitrogen and oxygen atoms in total. The minimum Gasteiger partial charge on any atom is -0.504 e. The van der Waals surface area contributed by atoms with Gasteiger partial charge < -0.3 is 20.7 Å². The van der Waals surface area contributed by atoms with Crippen LogP contribution >= 0.6 is 0 Å². The van der Waals surface area contributed by atoms with Crippen molar-refractivity contribution in [2.45, 2.75) is 84.6 Å². The van der Waals surface area contributed by atoms with E-state index >= 15 is 0 Å². The van der Waals surface area contributed by atoms with Crippen LogP contribution < -0.4 is 10.5 Å². The van der Waals surface area contributed by atoms with Crippen LogP contribution in [0.2, 0.25) is 0 Å². The van der Waals surface area contributed by atoms with Crippen molar-refractivity contribution in [1.29, 1.82) is 0 Å². The second-order valence-electron chi connectivity index (χ2n) is 8.60. The smallest absolute Gasteiger partial charge is 0.160 e. The minimum absolute atomic E-state index is 0.0213. The van der Waals surface area contributed by atoms with Gasteiger partial charge in [-0.1, -0.05) is 53.0 Å². The lowest BCUT2D eigenvalue weighted by molar-refractivity contribution is 0.183. The highest BCUT2D eigenvalue weighted by Crippen LogP contribution is 2.28. The maximum Gasteiger partial charge on any atom is 0.160 e. The van der Waals surface area contributed by atoms with Crippen molar-refractivity contribution in [3.05, 3.63) is 23.8 Å². The van der Waals surface area contributed by atoms with Gasteiger partial charge in [-0.3, -0.25) is 0 Å². The molecular weight excluding hydrogens is 338 g/mol. The van der Waals surface area contributed by atoms with Crippen LogP contribution in [0.3, 0.4) is 0 Å². The van der Waals surface area contributed by atoms with Crippen LogP contribution in [0, 0.1) is 11.8 Å². The average Bonchev–Trinajstić information content (AvgIpc) is 2.64. The molecule has 0 aromatic heterocycles. The van der Waals surface area contributed by atoms with Crippen LogP contribution in [0.4, 0.5) is 0 Å². The molecule has 4 N–H and O–H groups in total. The summed E-state index contributed by atoms with van der Waals surface area (Å²) < 4.78 is 5.76. The fraction of sp³-hybridized carbons (Fsp3) is 0.739. The summed E-state index contributed by atoms with van der Waals surface area (Å²) in [7, 11) is 0. The molecule has 0 bridgehead atoms. The Kier molecular flexibility index (Phi) is 10.8. The van der Waals surface area contributed by atoms with Gasteiger partial charge in [0.05, 0.1) is 13.2 Å². The molecule has 2 unspecified atom stereocenters. The summed E-state index contributed by atoms with van der Waals surface area (Å²) in [6, 6.07) is 5.55. The zero-order valence-corrected chi connectivity index (χ0v) is 17.8. The Bertz CT molecular complexity index is 526. The number of aliphatic hydroxyl groups excluding tert-OH is 1. The molecule has 156 valence electrons. The molecule has 0 saturated carbocycles. The van der Waals surface area contributed by atoms with Gasteiger partial charge in [0.25, 0.3) is 0 Å². The number of aliphatic hydroxyl groups is 1. The van der Waals surface area contributed by atoms with E-state index in [0.29, 0.717) is 18.8 Å². The quantitative estimate of drug-likeness (QED) is 0.396. The molecule has 0 aliphatic heterocycles. The molecule has 0 radical (unpaired) electrons. The molecule has 0 aliphatic rings. The van der Waals surface area contributed by atoms with E-state index < -0.39 is 5.54 Å². The average molecular weight is 380 g/mol. The minimum atomic E-state index is -0.545. The van der Waals surface area contributed by atoms with E-state index in [9.17, 15) is 10.2 Å². The van der Waals surface area contributed by atoms with Crippen LogP contribution in [-0.2, 0) is 6.42 Å². The highest BCUT2D eigenvalue weighted by Gasteiger charge is 2.21. The third kappa shape index (κ3) is 9.48. The molecule has 1 aromatic carbocycles. The highest BCUT2D eigenvalue weighted by atomic mass is 16.5. The SMILES string of the molecule is CCC(N)(CO)CCc1ccc(OCCCC(C)CCCC(C)C)c(O)c1. The molecule has 4 heteroatoms. The van der Waals surface area contributed by atoms with Crippen LogP contribution in [0.1, 0.15) is 78.2 Å². The van der Waals surface area contributed by atoms with Crippen molar-refractivity contribution in [2.24, 2.45) is 17.6 Å². The standard InChI is InChI=1S/C23H41NO3/c1-5-23(24,17-25)14-13-20-11-12-22(21(26)16-20)27-15-7-10-19(4)9-6-8-18(2)3/h11-12,16,18-19,25-26H,5-10,13-15,17,24H2,1-4H3. The monoisotopic (exact) mass is 379 g/mol. The number of aryl methyl sites for hydroxylation is 1. The lowest BCUT2D eigenvalue weighted by atomic mass is 9.90. The lowest BCUT2D eigenvalue weighted by Crippen LogP contribution is -2.43. The van der Waals surface area contributed by atoms with Crippen LogP contribution in [0.15, 0.2) is 18.2 Å². The van der Waals surface area contributed by atoms with E-state index in [-0.39, 0.29) is 12.4 Å². The summed E-state index contributed by atoms with van der Waals surface area (Å²) >= 11 is 0. The number of nitrogens with two attached hydrogens (primary N) is 1. The fourth-order valence-electron chi connectivity index (χ4n) is 3.23. The molecule has 1 rings (SSSR count). The third-order valence-electron chi connectivity index (χ3n) is 5.53.